The normalized spacial score (nSPS) is 12.1. The molecule has 0 aliphatic heterocycles. The summed E-state index contributed by atoms with van der Waals surface area (Å²) in [4.78, 5) is 12.2. The van der Waals surface area contributed by atoms with Crippen LogP contribution in [0.1, 0.15) is 6.92 Å². The van der Waals surface area contributed by atoms with E-state index in [0.717, 1.165) is 6.07 Å². The smallest absolute Gasteiger partial charge is 0.265 e. The van der Waals surface area contributed by atoms with E-state index in [9.17, 15) is 17.6 Å². The van der Waals surface area contributed by atoms with Gasteiger partial charge in [0.05, 0.1) is 10.6 Å². The molecule has 0 spiro atoms. The Bertz CT molecular complexity index is 1150. The predicted octanol–water partition coefficient (Wildman–Crippen LogP) is 4.69. The van der Waals surface area contributed by atoms with Gasteiger partial charge in [-0.3, -0.25) is 9.52 Å². The Balaban J connectivity index is 1.65. The van der Waals surface area contributed by atoms with Crippen LogP contribution in [0.15, 0.2) is 77.7 Å². The van der Waals surface area contributed by atoms with Gasteiger partial charge in [0.1, 0.15) is 11.6 Å². The molecule has 3 aromatic rings. The lowest BCUT2D eigenvalue weighted by molar-refractivity contribution is -0.122. The van der Waals surface area contributed by atoms with Gasteiger partial charge in [-0.05, 0) is 61.5 Å². The molecule has 0 fully saturated rings. The van der Waals surface area contributed by atoms with Gasteiger partial charge in [0.15, 0.2) is 6.10 Å². The monoisotopic (exact) mass is 448 g/mol. The van der Waals surface area contributed by atoms with E-state index in [2.05, 4.69) is 10.0 Å². The van der Waals surface area contributed by atoms with Gasteiger partial charge >= 0.3 is 0 Å². The molecule has 0 bridgehead atoms. The van der Waals surface area contributed by atoms with E-state index < -0.39 is 27.9 Å². The van der Waals surface area contributed by atoms with Crippen molar-refractivity contribution in [3.8, 4) is 5.75 Å². The molecule has 0 unspecified atom stereocenters. The summed E-state index contributed by atoms with van der Waals surface area (Å²) in [6.07, 6.45) is -0.811. The molecule has 0 aliphatic carbocycles. The standard InChI is InChI=1S/C21H18ClFN2O4S/c1-14(29-17-6-4-5-15(22)13-17)21(26)24-16-9-11-18(12-10-16)30(27,28)25-20-8-3-2-7-19(20)23/h2-14,25H,1H3,(H,24,26)/t14-/m1/s1. The quantitative estimate of drug-likeness (QED) is 0.549. The molecular formula is C21H18ClFN2O4S. The number of sulfonamides is 1. The first-order valence-electron chi connectivity index (χ1n) is 8.85. The van der Waals surface area contributed by atoms with E-state index in [4.69, 9.17) is 16.3 Å². The number of nitrogens with one attached hydrogen (secondary N) is 2. The molecule has 3 rings (SSSR count). The number of para-hydroxylation sites is 1. The number of anilines is 2. The number of carbonyl (C=O) groups is 1. The second kappa shape index (κ2) is 9.15. The van der Waals surface area contributed by atoms with Crippen molar-refractivity contribution in [2.24, 2.45) is 0 Å². The molecule has 0 aliphatic rings. The highest BCUT2D eigenvalue weighted by atomic mass is 35.5. The van der Waals surface area contributed by atoms with Crippen LogP contribution in [0.4, 0.5) is 15.8 Å². The average Bonchev–Trinajstić information content (AvgIpc) is 2.70. The second-order valence-corrected chi connectivity index (χ2v) is 8.44. The number of amides is 1. The molecule has 3 aromatic carbocycles. The number of hydrogen-bond donors (Lipinski definition) is 2. The van der Waals surface area contributed by atoms with Gasteiger partial charge < -0.3 is 10.1 Å². The lowest BCUT2D eigenvalue weighted by Gasteiger charge is -2.15. The summed E-state index contributed by atoms with van der Waals surface area (Å²) in [6.45, 7) is 1.58. The zero-order valence-corrected chi connectivity index (χ0v) is 17.4. The van der Waals surface area contributed by atoms with E-state index in [1.54, 1.807) is 31.2 Å². The van der Waals surface area contributed by atoms with E-state index in [-0.39, 0.29) is 10.6 Å². The van der Waals surface area contributed by atoms with Crippen LogP contribution in [0.25, 0.3) is 0 Å². The van der Waals surface area contributed by atoms with Crippen LogP contribution in [0, 0.1) is 5.82 Å². The van der Waals surface area contributed by atoms with Crippen LogP contribution in [0.5, 0.6) is 5.75 Å². The molecule has 0 saturated heterocycles. The third kappa shape index (κ3) is 5.49. The molecule has 9 heteroatoms. The number of ether oxygens (including phenoxy) is 1. The average molecular weight is 449 g/mol. The first-order valence-corrected chi connectivity index (χ1v) is 10.7. The first-order chi connectivity index (χ1) is 14.2. The maximum Gasteiger partial charge on any atom is 0.265 e. The van der Waals surface area contributed by atoms with Crippen molar-refractivity contribution >= 4 is 38.9 Å². The highest BCUT2D eigenvalue weighted by Crippen LogP contribution is 2.21. The molecule has 1 amide bonds. The minimum atomic E-state index is -3.98. The van der Waals surface area contributed by atoms with Crippen molar-refractivity contribution in [1.29, 1.82) is 0 Å². The topological polar surface area (TPSA) is 84.5 Å². The lowest BCUT2D eigenvalue weighted by atomic mass is 10.3. The van der Waals surface area contributed by atoms with Gasteiger partial charge in [0, 0.05) is 10.7 Å². The summed E-state index contributed by atoms with van der Waals surface area (Å²) in [5, 5.41) is 3.13. The van der Waals surface area contributed by atoms with E-state index >= 15 is 0 Å². The number of benzene rings is 3. The van der Waals surface area contributed by atoms with Gasteiger partial charge in [0.25, 0.3) is 15.9 Å². The molecule has 156 valence electrons. The van der Waals surface area contributed by atoms with Crippen molar-refractivity contribution in [2.75, 3.05) is 10.0 Å². The Morgan fingerprint density at radius 3 is 2.40 bits per heavy atom. The van der Waals surface area contributed by atoms with Crippen LogP contribution in [0.3, 0.4) is 0 Å². The van der Waals surface area contributed by atoms with Crippen molar-refractivity contribution in [3.63, 3.8) is 0 Å². The molecule has 0 aromatic heterocycles. The molecule has 2 N–H and O–H groups in total. The third-order valence-electron chi connectivity index (χ3n) is 4.03. The largest absolute Gasteiger partial charge is 0.481 e. The van der Waals surface area contributed by atoms with Gasteiger partial charge in [-0.1, -0.05) is 29.8 Å². The Kier molecular flexibility index (Phi) is 6.59. The van der Waals surface area contributed by atoms with Crippen LogP contribution >= 0.6 is 11.6 Å². The Hall–Kier alpha value is -3.10. The molecule has 0 saturated carbocycles. The Morgan fingerprint density at radius 1 is 1.03 bits per heavy atom. The summed E-state index contributed by atoms with van der Waals surface area (Å²) in [5.41, 5.74) is 0.230. The summed E-state index contributed by atoms with van der Waals surface area (Å²) >= 11 is 5.89. The Labute approximate surface area is 178 Å². The van der Waals surface area contributed by atoms with E-state index in [1.165, 1.54) is 42.5 Å². The number of rotatable bonds is 7. The van der Waals surface area contributed by atoms with Crippen LogP contribution in [-0.2, 0) is 14.8 Å². The third-order valence-corrected chi connectivity index (χ3v) is 5.65. The molecule has 30 heavy (non-hydrogen) atoms. The van der Waals surface area contributed by atoms with Gasteiger partial charge in [-0.25, -0.2) is 12.8 Å². The molecule has 0 heterocycles. The van der Waals surface area contributed by atoms with Gasteiger partial charge in [0.2, 0.25) is 0 Å². The molecular weight excluding hydrogens is 431 g/mol. The zero-order chi connectivity index (χ0) is 21.7. The van der Waals surface area contributed by atoms with Gasteiger partial charge in [-0.15, -0.1) is 0 Å². The van der Waals surface area contributed by atoms with Crippen LogP contribution in [0.2, 0.25) is 5.02 Å². The molecule has 6 nitrogen and oxygen atoms in total. The SMILES string of the molecule is C[C@@H](Oc1cccc(Cl)c1)C(=O)Nc1ccc(S(=O)(=O)Nc2ccccc2F)cc1. The van der Waals surface area contributed by atoms with Crippen LogP contribution < -0.4 is 14.8 Å². The highest BCUT2D eigenvalue weighted by molar-refractivity contribution is 7.92. The maximum atomic E-state index is 13.7. The fourth-order valence-electron chi connectivity index (χ4n) is 2.51. The number of halogens is 2. The number of carbonyl (C=O) groups excluding carboxylic acids is 1. The summed E-state index contributed by atoms with van der Waals surface area (Å²) in [7, 11) is -3.98. The first kappa shape index (κ1) is 21.6. The fraction of sp³-hybridized carbons (Fsp3) is 0.0952. The van der Waals surface area contributed by atoms with Crippen LogP contribution in [-0.4, -0.2) is 20.4 Å². The highest BCUT2D eigenvalue weighted by Gasteiger charge is 2.18. The fourth-order valence-corrected chi connectivity index (χ4v) is 3.75. The minimum absolute atomic E-state index is 0.0769. The van der Waals surface area contributed by atoms with Crippen molar-refractivity contribution in [3.05, 3.63) is 83.6 Å². The van der Waals surface area contributed by atoms with E-state index in [1.807, 2.05) is 0 Å². The summed E-state index contributed by atoms with van der Waals surface area (Å²) < 4.78 is 46.3. The van der Waals surface area contributed by atoms with E-state index in [0.29, 0.717) is 16.5 Å². The predicted molar refractivity (Wildman–Crippen MR) is 114 cm³/mol. The van der Waals surface area contributed by atoms with Crippen molar-refractivity contribution < 1.29 is 22.3 Å². The minimum Gasteiger partial charge on any atom is -0.481 e. The Morgan fingerprint density at radius 2 is 1.73 bits per heavy atom. The zero-order valence-electron chi connectivity index (χ0n) is 15.8. The maximum absolute atomic E-state index is 13.7. The molecule has 0 radical (unpaired) electrons. The van der Waals surface area contributed by atoms with Crippen molar-refractivity contribution in [2.45, 2.75) is 17.9 Å². The molecule has 1 atom stereocenters. The van der Waals surface area contributed by atoms with Crippen molar-refractivity contribution in [1.82, 2.24) is 0 Å². The summed E-state index contributed by atoms with van der Waals surface area (Å²) in [5.74, 6) is -0.653. The second-order valence-electron chi connectivity index (χ2n) is 6.32. The lowest BCUT2D eigenvalue weighted by Crippen LogP contribution is -2.30. The van der Waals surface area contributed by atoms with Gasteiger partial charge in [-0.2, -0.15) is 0 Å². The summed E-state index contributed by atoms with van der Waals surface area (Å²) in [6, 6.07) is 17.6. The number of hydrogen-bond acceptors (Lipinski definition) is 4.